The zero-order valence-electron chi connectivity index (χ0n) is 12.6. The van der Waals surface area contributed by atoms with E-state index < -0.39 is 0 Å². The molecule has 1 heterocycles. The normalized spacial score (nSPS) is 16.3. The summed E-state index contributed by atoms with van der Waals surface area (Å²) in [6.45, 7) is 2.05. The van der Waals surface area contributed by atoms with Crippen molar-refractivity contribution < 1.29 is 9.13 Å². The van der Waals surface area contributed by atoms with Crippen molar-refractivity contribution in [3.05, 3.63) is 53.3 Å². The van der Waals surface area contributed by atoms with E-state index in [2.05, 4.69) is 27.5 Å². The number of nitrogens with zero attached hydrogens (tertiary/aromatic N) is 3. The summed E-state index contributed by atoms with van der Waals surface area (Å²) in [6.07, 6.45) is 1.81. The fraction of sp³-hybridized carbons (Fsp3) is 0.235. The van der Waals surface area contributed by atoms with E-state index >= 15 is 0 Å². The van der Waals surface area contributed by atoms with Crippen molar-refractivity contribution in [1.82, 2.24) is 20.6 Å². The van der Waals surface area contributed by atoms with Gasteiger partial charge in [0.25, 0.3) is 0 Å². The molecule has 2 aromatic carbocycles. The highest BCUT2D eigenvalue weighted by atomic mass is 19.1. The van der Waals surface area contributed by atoms with Gasteiger partial charge in [-0.05, 0) is 65.9 Å². The lowest BCUT2D eigenvalue weighted by molar-refractivity contribution is 0.474. The number of aromatic amines is 1. The van der Waals surface area contributed by atoms with E-state index in [-0.39, 0.29) is 11.7 Å². The highest BCUT2D eigenvalue weighted by Gasteiger charge is 2.25. The molecule has 0 saturated carbocycles. The number of H-pyrrole nitrogens is 1. The van der Waals surface area contributed by atoms with E-state index in [1.807, 2.05) is 24.3 Å². The van der Waals surface area contributed by atoms with E-state index in [1.165, 1.54) is 6.07 Å². The molecule has 0 fully saturated rings. The SMILES string of the molecule is C[C@@H]1CCc2c(Oc3ccc(-c4nn[nH]n4)cc3)ccc(F)c21. The van der Waals surface area contributed by atoms with Crippen molar-refractivity contribution in [2.24, 2.45) is 0 Å². The lowest BCUT2D eigenvalue weighted by Gasteiger charge is -2.12. The summed E-state index contributed by atoms with van der Waals surface area (Å²) in [7, 11) is 0. The average Bonchev–Trinajstić information content (AvgIpc) is 3.21. The second kappa shape index (κ2) is 5.46. The van der Waals surface area contributed by atoms with Crippen LogP contribution in [0.2, 0.25) is 0 Å². The molecule has 4 rings (SSSR count). The van der Waals surface area contributed by atoms with Crippen LogP contribution in [0.4, 0.5) is 4.39 Å². The molecule has 1 aliphatic rings. The second-order valence-corrected chi connectivity index (χ2v) is 5.74. The zero-order valence-corrected chi connectivity index (χ0v) is 12.6. The van der Waals surface area contributed by atoms with Crippen molar-refractivity contribution in [3.8, 4) is 22.9 Å². The summed E-state index contributed by atoms with van der Waals surface area (Å²) in [6, 6.07) is 10.6. The van der Waals surface area contributed by atoms with Gasteiger partial charge in [-0.3, -0.25) is 0 Å². The molecule has 0 bridgehead atoms. The molecule has 5 nitrogen and oxygen atoms in total. The Morgan fingerprint density at radius 3 is 2.74 bits per heavy atom. The molecule has 1 atom stereocenters. The van der Waals surface area contributed by atoms with E-state index in [0.717, 1.165) is 35.3 Å². The minimum Gasteiger partial charge on any atom is -0.457 e. The van der Waals surface area contributed by atoms with Gasteiger partial charge in [0.15, 0.2) is 0 Å². The quantitative estimate of drug-likeness (QED) is 0.798. The maximum absolute atomic E-state index is 14.0. The summed E-state index contributed by atoms with van der Waals surface area (Å²) in [5, 5.41) is 13.8. The first kappa shape index (κ1) is 13.9. The standard InChI is InChI=1S/C17H15FN4O/c1-10-2-7-13-15(9-8-14(18)16(10)13)23-12-5-3-11(4-6-12)17-19-21-22-20-17/h3-6,8-10H,2,7H2,1H3,(H,19,20,21,22)/t10-/m1/s1. The summed E-state index contributed by atoms with van der Waals surface area (Å²) in [4.78, 5) is 0. The molecule has 23 heavy (non-hydrogen) atoms. The van der Waals surface area contributed by atoms with Gasteiger partial charge in [0.2, 0.25) is 5.82 Å². The van der Waals surface area contributed by atoms with Gasteiger partial charge in [0.05, 0.1) is 0 Å². The molecule has 116 valence electrons. The monoisotopic (exact) mass is 310 g/mol. The maximum atomic E-state index is 14.0. The topological polar surface area (TPSA) is 63.7 Å². The van der Waals surface area contributed by atoms with Crippen LogP contribution in [0.5, 0.6) is 11.5 Å². The lowest BCUT2D eigenvalue weighted by Crippen LogP contribution is -1.96. The van der Waals surface area contributed by atoms with Gasteiger partial charge in [-0.15, -0.1) is 10.2 Å². The Hall–Kier alpha value is -2.76. The highest BCUT2D eigenvalue weighted by Crippen LogP contribution is 2.41. The number of rotatable bonds is 3. The first-order valence-corrected chi connectivity index (χ1v) is 7.55. The first-order valence-electron chi connectivity index (χ1n) is 7.55. The Bertz CT molecular complexity index is 831. The molecule has 0 radical (unpaired) electrons. The van der Waals surface area contributed by atoms with Crippen LogP contribution >= 0.6 is 0 Å². The number of tetrazole rings is 1. The summed E-state index contributed by atoms with van der Waals surface area (Å²) in [5.74, 6) is 2.08. The maximum Gasteiger partial charge on any atom is 0.204 e. The predicted octanol–water partition coefficient (Wildman–Crippen LogP) is 3.85. The number of nitrogens with one attached hydrogen (secondary N) is 1. The van der Waals surface area contributed by atoms with Crippen LogP contribution in [0.1, 0.15) is 30.4 Å². The van der Waals surface area contributed by atoms with Crippen LogP contribution < -0.4 is 4.74 Å². The molecule has 0 spiro atoms. The molecule has 1 aromatic heterocycles. The third-order valence-corrected chi connectivity index (χ3v) is 4.27. The van der Waals surface area contributed by atoms with Crippen LogP contribution in [0, 0.1) is 5.82 Å². The second-order valence-electron chi connectivity index (χ2n) is 5.74. The van der Waals surface area contributed by atoms with E-state index in [0.29, 0.717) is 11.6 Å². The molecular weight excluding hydrogens is 295 g/mol. The van der Waals surface area contributed by atoms with Crippen LogP contribution in [0.25, 0.3) is 11.4 Å². The van der Waals surface area contributed by atoms with E-state index in [1.54, 1.807) is 6.07 Å². The number of benzene rings is 2. The van der Waals surface area contributed by atoms with Crippen LogP contribution in [0.3, 0.4) is 0 Å². The third kappa shape index (κ3) is 2.46. The summed E-state index contributed by atoms with van der Waals surface area (Å²) < 4.78 is 20.0. The van der Waals surface area contributed by atoms with Crippen molar-refractivity contribution in [3.63, 3.8) is 0 Å². The Labute approximate surface area is 132 Å². The van der Waals surface area contributed by atoms with E-state index in [9.17, 15) is 4.39 Å². The minimum atomic E-state index is -0.134. The fourth-order valence-electron chi connectivity index (χ4n) is 3.09. The zero-order chi connectivity index (χ0) is 15.8. The number of halogens is 1. The number of fused-ring (bicyclic) bond motifs is 1. The van der Waals surface area contributed by atoms with E-state index in [4.69, 9.17) is 4.74 Å². The largest absolute Gasteiger partial charge is 0.457 e. The van der Waals surface area contributed by atoms with Gasteiger partial charge in [0.1, 0.15) is 17.3 Å². The fourth-order valence-corrected chi connectivity index (χ4v) is 3.09. The molecule has 1 aliphatic carbocycles. The molecule has 0 saturated heterocycles. The average molecular weight is 310 g/mol. The Morgan fingerprint density at radius 1 is 1.17 bits per heavy atom. The van der Waals surface area contributed by atoms with Gasteiger partial charge in [0, 0.05) is 11.1 Å². The number of ether oxygens (including phenoxy) is 1. The minimum absolute atomic E-state index is 0.134. The number of aromatic nitrogens is 4. The highest BCUT2D eigenvalue weighted by molar-refractivity contribution is 5.56. The Morgan fingerprint density at radius 2 is 2.00 bits per heavy atom. The molecular formula is C17H15FN4O. The molecule has 1 N–H and O–H groups in total. The van der Waals surface area contributed by atoms with Crippen molar-refractivity contribution in [2.45, 2.75) is 25.7 Å². The molecule has 0 aliphatic heterocycles. The van der Waals surface area contributed by atoms with Gasteiger partial charge in [-0.2, -0.15) is 5.21 Å². The van der Waals surface area contributed by atoms with Crippen LogP contribution in [0.15, 0.2) is 36.4 Å². The predicted molar refractivity (Wildman–Crippen MR) is 82.8 cm³/mol. The third-order valence-electron chi connectivity index (χ3n) is 4.27. The van der Waals surface area contributed by atoms with Crippen LogP contribution in [-0.4, -0.2) is 20.6 Å². The van der Waals surface area contributed by atoms with Gasteiger partial charge in [-0.25, -0.2) is 4.39 Å². The Kier molecular flexibility index (Phi) is 3.29. The first-order chi connectivity index (χ1) is 11.2. The van der Waals surface area contributed by atoms with Gasteiger partial charge < -0.3 is 4.74 Å². The van der Waals surface area contributed by atoms with Crippen LogP contribution in [-0.2, 0) is 6.42 Å². The molecule has 3 aromatic rings. The number of hydrogen-bond donors (Lipinski definition) is 1. The summed E-state index contributed by atoms with van der Waals surface area (Å²) in [5.41, 5.74) is 2.63. The van der Waals surface area contributed by atoms with Gasteiger partial charge >= 0.3 is 0 Å². The molecule has 0 unspecified atom stereocenters. The smallest absolute Gasteiger partial charge is 0.204 e. The van der Waals surface area contributed by atoms with Crippen molar-refractivity contribution in [1.29, 1.82) is 0 Å². The van der Waals surface area contributed by atoms with Gasteiger partial charge in [-0.1, -0.05) is 6.92 Å². The molecule has 0 amide bonds. The number of hydrogen-bond acceptors (Lipinski definition) is 4. The van der Waals surface area contributed by atoms with Crippen molar-refractivity contribution in [2.75, 3.05) is 0 Å². The lowest BCUT2D eigenvalue weighted by atomic mass is 10.0. The summed E-state index contributed by atoms with van der Waals surface area (Å²) >= 11 is 0. The molecule has 6 heteroatoms. The van der Waals surface area contributed by atoms with Crippen molar-refractivity contribution >= 4 is 0 Å². The Balaban J connectivity index is 1.62.